The van der Waals surface area contributed by atoms with Gasteiger partial charge in [-0.3, -0.25) is 4.79 Å². The second-order valence-corrected chi connectivity index (χ2v) is 6.98. The van der Waals surface area contributed by atoms with Gasteiger partial charge in [-0.2, -0.15) is 0 Å². The number of carboxylic acid groups (broad SMARTS) is 1. The van der Waals surface area contributed by atoms with Crippen molar-refractivity contribution >= 4 is 28.9 Å². The van der Waals surface area contributed by atoms with E-state index in [-0.39, 0.29) is 16.7 Å². The second kappa shape index (κ2) is 6.18. The maximum atomic E-state index is 12.3. The van der Waals surface area contributed by atoms with Crippen LogP contribution < -0.4 is 5.32 Å². The standard InChI is InChI=1S/C20H15NO3S/c22-15-11-14(12-7-3-1-4-8-12)18-17(21-15)16(19(25-18)20(23)24)13-9-5-2-6-10-13/h1-10,14H,11H2,(H,21,22)(H,23,24)/t14-/m1/s1. The fraction of sp³-hybridized carbons (Fsp3) is 0.100. The molecule has 5 heteroatoms. The van der Waals surface area contributed by atoms with E-state index in [9.17, 15) is 14.7 Å². The Morgan fingerprint density at radius 1 is 1.04 bits per heavy atom. The normalized spacial score (nSPS) is 16.2. The Morgan fingerprint density at radius 2 is 1.68 bits per heavy atom. The molecule has 2 heterocycles. The number of thiophene rings is 1. The fourth-order valence-corrected chi connectivity index (χ4v) is 4.52. The van der Waals surface area contributed by atoms with Crippen LogP contribution in [0.25, 0.3) is 11.1 Å². The minimum Gasteiger partial charge on any atom is -0.477 e. The third-order valence-electron chi connectivity index (χ3n) is 4.36. The van der Waals surface area contributed by atoms with Crippen molar-refractivity contribution < 1.29 is 14.7 Å². The third-order valence-corrected chi connectivity index (χ3v) is 5.66. The molecule has 0 unspecified atom stereocenters. The first-order valence-electron chi connectivity index (χ1n) is 7.95. The molecule has 1 amide bonds. The summed E-state index contributed by atoms with van der Waals surface area (Å²) in [6.45, 7) is 0. The molecule has 1 atom stereocenters. The van der Waals surface area contributed by atoms with Crippen molar-refractivity contribution in [1.82, 2.24) is 0 Å². The predicted octanol–water partition coefficient (Wildman–Crippen LogP) is 4.59. The zero-order valence-corrected chi connectivity index (χ0v) is 14.0. The largest absolute Gasteiger partial charge is 0.477 e. The summed E-state index contributed by atoms with van der Waals surface area (Å²) in [5.74, 6) is -1.18. The number of benzene rings is 2. The number of hydrogen-bond acceptors (Lipinski definition) is 3. The summed E-state index contributed by atoms with van der Waals surface area (Å²) in [4.78, 5) is 25.3. The number of amides is 1. The van der Waals surface area contributed by atoms with Gasteiger partial charge < -0.3 is 10.4 Å². The van der Waals surface area contributed by atoms with Crippen molar-refractivity contribution in [2.75, 3.05) is 5.32 Å². The lowest BCUT2D eigenvalue weighted by atomic mass is 9.89. The van der Waals surface area contributed by atoms with Gasteiger partial charge in [0.1, 0.15) is 4.88 Å². The Balaban J connectivity index is 1.95. The van der Waals surface area contributed by atoms with Crippen molar-refractivity contribution in [2.24, 2.45) is 0 Å². The fourth-order valence-electron chi connectivity index (χ4n) is 3.27. The van der Waals surface area contributed by atoms with E-state index in [1.165, 1.54) is 11.3 Å². The van der Waals surface area contributed by atoms with E-state index >= 15 is 0 Å². The van der Waals surface area contributed by atoms with Gasteiger partial charge in [-0.05, 0) is 11.1 Å². The number of carbonyl (C=O) groups excluding carboxylic acids is 1. The Bertz CT molecular complexity index is 948. The Labute approximate surface area is 148 Å². The molecule has 3 aromatic rings. The van der Waals surface area contributed by atoms with Crippen molar-refractivity contribution in [3.63, 3.8) is 0 Å². The molecular weight excluding hydrogens is 334 g/mol. The maximum Gasteiger partial charge on any atom is 0.346 e. The highest BCUT2D eigenvalue weighted by Crippen LogP contribution is 2.49. The number of rotatable bonds is 3. The summed E-state index contributed by atoms with van der Waals surface area (Å²) in [5, 5.41) is 12.6. The highest BCUT2D eigenvalue weighted by atomic mass is 32.1. The molecule has 124 valence electrons. The van der Waals surface area contributed by atoms with Crippen LogP contribution in [0, 0.1) is 0 Å². The zero-order chi connectivity index (χ0) is 17.4. The summed E-state index contributed by atoms with van der Waals surface area (Å²) >= 11 is 1.26. The molecule has 4 rings (SSSR count). The number of nitrogens with one attached hydrogen (secondary N) is 1. The quantitative estimate of drug-likeness (QED) is 0.727. The maximum absolute atomic E-state index is 12.3. The Kier molecular flexibility index (Phi) is 3.86. The number of aromatic carboxylic acids is 1. The molecule has 1 aliphatic rings. The summed E-state index contributed by atoms with van der Waals surface area (Å²) in [6.07, 6.45) is 0.324. The predicted molar refractivity (Wildman–Crippen MR) is 98.2 cm³/mol. The van der Waals surface area contributed by atoms with E-state index in [1.807, 2.05) is 60.7 Å². The van der Waals surface area contributed by atoms with Gasteiger partial charge in [0.25, 0.3) is 0 Å². The first-order chi connectivity index (χ1) is 12.1. The van der Waals surface area contributed by atoms with E-state index in [4.69, 9.17) is 0 Å². The van der Waals surface area contributed by atoms with Crippen molar-refractivity contribution in [3.8, 4) is 11.1 Å². The number of carbonyl (C=O) groups is 2. The van der Waals surface area contributed by atoms with Crippen LogP contribution in [0.4, 0.5) is 5.69 Å². The van der Waals surface area contributed by atoms with Crippen molar-refractivity contribution in [1.29, 1.82) is 0 Å². The lowest BCUT2D eigenvalue weighted by Crippen LogP contribution is -2.22. The van der Waals surface area contributed by atoms with Crippen molar-refractivity contribution in [2.45, 2.75) is 12.3 Å². The van der Waals surface area contributed by atoms with Crippen LogP contribution in [-0.4, -0.2) is 17.0 Å². The minimum absolute atomic E-state index is 0.0896. The second-order valence-electron chi connectivity index (χ2n) is 5.93. The third kappa shape index (κ3) is 2.72. The van der Waals surface area contributed by atoms with Gasteiger partial charge in [0, 0.05) is 22.8 Å². The molecule has 0 radical (unpaired) electrons. The summed E-state index contributed by atoms with van der Waals surface area (Å²) < 4.78 is 0. The molecule has 25 heavy (non-hydrogen) atoms. The van der Waals surface area contributed by atoms with E-state index in [2.05, 4.69) is 5.32 Å². The molecule has 4 nitrogen and oxygen atoms in total. The van der Waals surface area contributed by atoms with E-state index in [0.717, 1.165) is 16.0 Å². The molecule has 0 spiro atoms. The average Bonchev–Trinajstić information content (AvgIpc) is 3.02. The smallest absolute Gasteiger partial charge is 0.346 e. The summed E-state index contributed by atoms with van der Waals surface area (Å²) in [5.41, 5.74) is 3.06. The van der Waals surface area contributed by atoms with E-state index in [0.29, 0.717) is 17.7 Å². The molecule has 1 aliphatic heterocycles. The van der Waals surface area contributed by atoms with Crippen LogP contribution in [0.15, 0.2) is 60.7 Å². The topological polar surface area (TPSA) is 66.4 Å². The van der Waals surface area contributed by atoms with Crippen LogP contribution in [0.2, 0.25) is 0 Å². The monoisotopic (exact) mass is 349 g/mol. The first-order valence-corrected chi connectivity index (χ1v) is 8.77. The van der Waals surface area contributed by atoms with E-state index < -0.39 is 5.97 Å². The SMILES string of the molecule is O=C1C[C@H](c2ccccc2)c2sc(C(=O)O)c(-c3ccccc3)c2N1. The highest BCUT2D eigenvalue weighted by Gasteiger charge is 2.34. The summed E-state index contributed by atoms with van der Waals surface area (Å²) in [6, 6.07) is 19.1. The first kappa shape index (κ1) is 15.6. The Morgan fingerprint density at radius 3 is 2.32 bits per heavy atom. The number of hydrogen-bond donors (Lipinski definition) is 2. The van der Waals surface area contributed by atoms with Crippen LogP contribution in [0.5, 0.6) is 0 Å². The van der Waals surface area contributed by atoms with Gasteiger partial charge >= 0.3 is 5.97 Å². The molecular formula is C20H15NO3S. The number of anilines is 1. The van der Waals surface area contributed by atoms with Gasteiger partial charge in [0.15, 0.2) is 0 Å². The van der Waals surface area contributed by atoms with Crippen LogP contribution in [0.3, 0.4) is 0 Å². The van der Waals surface area contributed by atoms with Gasteiger partial charge in [0.05, 0.1) is 5.69 Å². The molecule has 0 saturated heterocycles. The van der Waals surface area contributed by atoms with Gasteiger partial charge in [0.2, 0.25) is 5.91 Å². The summed E-state index contributed by atoms with van der Waals surface area (Å²) in [7, 11) is 0. The molecule has 2 N–H and O–H groups in total. The van der Waals surface area contributed by atoms with Crippen LogP contribution in [0.1, 0.15) is 32.5 Å². The van der Waals surface area contributed by atoms with Gasteiger partial charge in [-0.25, -0.2) is 4.79 Å². The lowest BCUT2D eigenvalue weighted by Gasteiger charge is -2.23. The highest BCUT2D eigenvalue weighted by molar-refractivity contribution is 7.15. The average molecular weight is 349 g/mol. The number of carboxylic acids is 1. The number of fused-ring (bicyclic) bond motifs is 1. The lowest BCUT2D eigenvalue weighted by molar-refractivity contribution is -0.116. The molecule has 0 aliphatic carbocycles. The van der Waals surface area contributed by atoms with E-state index in [1.54, 1.807) is 0 Å². The Hall–Kier alpha value is -2.92. The minimum atomic E-state index is -0.973. The van der Waals surface area contributed by atoms with Crippen LogP contribution >= 0.6 is 11.3 Å². The zero-order valence-electron chi connectivity index (χ0n) is 13.2. The molecule has 0 fully saturated rings. The van der Waals surface area contributed by atoms with Crippen LogP contribution in [-0.2, 0) is 4.79 Å². The van der Waals surface area contributed by atoms with Crippen molar-refractivity contribution in [3.05, 3.63) is 76.0 Å². The molecule has 2 aromatic carbocycles. The molecule has 1 aromatic heterocycles. The molecule has 0 bridgehead atoms. The molecule has 0 saturated carbocycles. The van der Waals surface area contributed by atoms with Gasteiger partial charge in [-0.15, -0.1) is 11.3 Å². The van der Waals surface area contributed by atoms with Gasteiger partial charge in [-0.1, -0.05) is 60.7 Å².